The third-order valence-corrected chi connectivity index (χ3v) is 7.68. The summed E-state index contributed by atoms with van der Waals surface area (Å²) in [6.07, 6.45) is -0.386. The van der Waals surface area contributed by atoms with Crippen LogP contribution in [0.15, 0.2) is 23.0 Å². The number of amides is 1. The first-order chi connectivity index (χ1) is 16.6. The van der Waals surface area contributed by atoms with Gasteiger partial charge in [0.15, 0.2) is 28.5 Å². The first-order valence-electron chi connectivity index (χ1n) is 11.1. The van der Waals surface area contributed by atoms with Crippen molar-refractivity contribution in [3.8, 4) is 11.8 Å². The highest BCUT2D eigenvalue weighted by Crippen LogP contribution is 2.58. The van der Waals surface area contributed by atoms with Gasteiger partial charge in [-0.25, -0.2) is 4.39 Å². The first kappa shape index (κ1) is 25.3. The van der Waals surface area contributed by atoms with Crippen LogP contribution >= 0.6 is 0 Å². The Labute approximate surface area is 205 Å². The fourth-order valence-corrected chi connectivity index (χ4v) is 6.25. The summed E-state index contributed by atoms with van der Waals surface area (Å²) < 4.78 is 14.5. The number of carbonyl (C=O) groups excluding carboxylic acids is 3. The second-order valence-electron chi connectivity index (χ2n) is 9.86. The highest BCUT2D eigenvalue weighted by atomic mass is 19.1. The van der Waals surface area contributed by atoms with Crippen LogP contribution in [0.1, 0.15) is 30.0 Å². The molecule has 1 fully saturated rings. The number of phenolic OH excluding ortho intramolecular Hbond substituents is 1. The number of likely N-dealkylation sites (N-methyl/N-ethyl adjacent to an activating group) is 1. The van der Waals surface area contributed by atoms with Crippen molar-refractivity contribution in [2.75, 3.05) is 14.1 Å². The minimum absolute atomic E-state index is 0.202. The molecule has 3 aliphatic carbocycles. The van der Waals surface area contributed by atoms with Crippen molar-refractivity contribution in [2.24, 2.45) is 22.6 Å². The predicted molar refractivity (Wildman–Crippen MR) is 124 cm³/mol. The Bertz CT molecular complexity index is 1380. The van der Waals surface area contributed by atoms with Crippen LogP contribution in [0.5, 0.6) is 5.75 Å². The summed E-state index contributed by atoms with van der Waals surface area (Å²) in [5, 5.41) is 43.1. The van der Waals surface area contributed by atoms with Gasteiger partial charge in [-0.2, -0.15) is 5.26 Å². The smallest absolute Gasteiger partial charge is 0.255 e. The second kappa shape index (κ2) is 7.60. The summed E-state index contributed by atoms with van der Waals surface area (Å²) in [5.74, 6) is -7.71. The van der Waals surface area contributed by atoms with Gasteiger partial charge in [-0.1, -0.05) is 6.92 Å². The number of nitriles is 1. The predicted octanol–water partition coefficient (Wildman–Crippen LogP) is -0.393. The molecule has 0 unspecified atom stereocenters. The van der Waals surface area contributed by atoms with E-state index in [2.05, 4.69) is 0 Å². The summed E-state index contributed by atoms with van der Waals surface area (Å²) in [6, 6.07) is 1.29. The number of nitrogens with two attached hydrogens (primary N) is 3. The van der Waals surface area contributed by atoms with Gasteiger partial charge in [0, 0.05) is 0 Å². The summed E-state index contributed by atoms with van der Waals surface area (Å²) in [5.41, 5.74) is 10.8. The number of hydrogen-bond acceptors (Lipinski definition) is 10. The van der Waals surface area contributed by atoms with Crippen LogP contribution in [-0.2, 0) is 27.2 Å². The molecule has 9 N–H and O–H groups in total. The molecule has 1 amide bonds. The van der Waals surface area contributed by atoms with Gasteiger partial charge in [-0.15, -0.1) is 0 Å². The summed E-state index contributed by atoms with van der Waals surface area (Å²) in [4.78, 5) is 40.9. The number of Topliss-reactive ketones (excluding diaryl/α,β-unsaturated/α-hetero) is 2. The average Bonchev–Trinajstić information content (AvgIpc) is 2.74. The van der Waals surface area contributed by atoms with Gasteiger partial charge in [-0.3, -0.25) is 19.3 Å². The minimum atomic E-state index is -2.75. The molecule has 12 heteroatoms. The Morgan fingerprint density at radius 3 is 2.39 bits per heavy atom. The molecule has 36 heavy (non-hydrogen) atoms. The molecule has 4 atom stereocenters. The number of carbonyl (C=O) groups is 3. The van der Waals surface area contributed by atoms with Crippen molar-refractivity contribution in [1.82, 2.24) is 4.90 Å². The number of benzene rings is 1. The molecule has 4 rings (SSSR count). The number of halogens is 1. The maximum atomic E-state index is 14.5. The number of aliphatic hydroxyl groups excluding tert-OH is 2. The molecule has 0 bridgehead atoms. The van der Waals surface area contributed by atoms with Crippen molar-refractivity contribution < 1.29 is 34.1 Å². The summed E-state index contributed by atoms with van der Waals surface area (Å²) >= 11 is 0. The van der Waals surface area contributed by atoms with E-state index >= 15 is 0 Å². The lowest BCUT2D eigenvalue weighted by atomic mass is 9.47. The van der Waals surface area contributed by atoms with Crippen LogP contribution in [0.4, 0.5) is 4.39 Å². The number of ketones is 2. The Hall–Kier alpha value is -3.79. The Morgan fingerprint density at radius 2 is 1.89 bits per heavy atom. The van der Waals surface area contributed by atoms with E-state index in [0.717, 1.165) is 6.07 Å². The van der Waals surface area contributed by atoms with Crippen LogP contribution in [0.25, 0.3) is 5.76 Å². The monoisotopic (exact) mass is 499 g/mol. The zero-order chi connectivity index (χ0) is 27.1. The standard InChI is InChI=1S/C24H26FN5O6/c1-4-9-5-11(25)15(31)12-10(9)6-22(28)7-24(29)18(30(2)3)17(33)13(21(27)36)19(34)23(24,8-26)20(35)14(22)16(12)32/h5,18,31-32,34H,4,6-7,28-29H2,1-3H3,(H2,27,36)/t18-,22-,23+,24-/m1/s1. The Balaban J connectivity index is 2.16. The van der Waals surface area contributed by atoms with Crippen LogP contribution in [0, 0.1) is 22.6 Å². The van der Waals surface area contributed by atoms with Crippen molar-refractivity contribution >= 4 is 23.2 Å². The van der Waals surface area contributed by atoms with Gasteiger partial charge in [0.2, 0.25) is 0 Å². The lowest BCUT2D eigenvalue weighted by Gasteiger charge is -2.58. The lowest BCUT2D eigenvalue weighted by molar-refractivity contribution is -0.139. The van der Waals surface area contributed by atoms with Gasteiger partial charge >= 0.3 is 0 Å². The molecule has 0 aliphatic heterocycles. The fraction of sp³-hybridized carbons (Fsp3) is 0.417. The minimum Gasteiger partial charge on any atom is -0.509 e. The lowest BCUT2D eigenvalue weighted by Crippen LogP contribution is -2.80. The summed E-state index contributed by atoms with van der Waals surface area (Å²) in [6.45, 7) is 1.72. The quantitative estimate of drug-likeness (QED) is 0.296. The Morgan fingerprint density at radius 1 is 1.28 bits per heavy atom. The van der Waals surface area contributed by atoms with Gasteiger partial charge < -0.3 is 32.5 Å². The van der Waals surface area contributed by atoms with Gasteiger partial charge in [-0.05, 0) is 50.6 Å². The topological polar surface area (TPSA) is 217 Å². The van der Waals surface area contributed by atoms with E-state index < -0.39 is 80.7 Å². The highest BCUT2D eigenvalue weighted by Gasteiger charge is 2.74. The Kier molecular flexibility index (Phi) is 5.34. The first-order valence-corrected chi connectivity index (χ1v) is 11.1. The van der Waals surface area contributed by atoms with Gasteiger partial charge in [0.05, 0.1) is 34.3 Å². The highest BCUT2D eigenvalue weighted by molar-refractivity contribution is 6.25. The molecule has 0 spiro atoms. The van der Waals surface area contributed by atoms with Crippen molar-refractivity contribution in [2.45, 2.75) is 43.3 Å². The van der Waals surface area contributed by atoms with Gasteiger partial charge in [0.25, 0.3) is 5.91 Å². The van der Waals surface area contributed by atoms with Crippen LogP contribution in [0.2, 0.25) is 0 Å². The van der Waals surface area contributed by atoms with E-state index in [1.54, 1.807) is 13.0 Å². The number of aromatic hydroxyl groups is 1. The molecule has 3 aliphatic rings. The number of fused-ring (bicyclic) bond motifs is 3. The third kappa shape index (κ3) is 2.73. The SMILES string of the molecule is CCc1cc(F)c(O)c2c1C[C@@]1(N)C[C@@]3(N)[C@H](N(C)C)C(=O)C(C(N)=O)=C(O)[C@@]3(C#N)C(=O)C1=C2O. The maximum Gasteiger partial charge on any atom is 0.255 e. The maximum absolute atomic E-state index is 14.5. The molecular formula is C24H26FN5O6. The van der Waals surface area contributed by atoms with Gasteiger partial charge in [0.1, 0.15) is 17.1 Å². The van der Waals surface area contributed by atoms with E-state index in [1.165, 1.54) is 19.0 Å². The number of aliphatic hydroxyl groups is 2. The van der Waals surface area contributed by atoms with E-state index in [9.17, 15) is 39.4 Å². The van der Waals surface area contributed by atoms with Crippen molar-refractivity contribution in [1.29, 1.82) is 5.26 Å². The molecule has 1 aromatic rings. The van der Waals surface area contributed by atoms with Crippen LogP contribution < -0.4 is 17.2 Å². The number of primary amides is 1. The molecule has 1 aromatic carbocycles. The largest absolute Gasteiger partial charge is 0.509 e. The number of aryl methyl sites for hydroxylation is 1. The van der Waals surface area contributed by atoms with Crippen LogP contribution in [0.3, 0.4) is 0 Å². The zero-order valence-electron chi connectivity index (χ0n) is 19.8. The molecule has 0 heterocycles. The van der Waals surface area contributed by atoms with E-state index in [1.807, 2.05) is 0 Å². The van der Waals surface area contributed by atoms with Crippen molar-refractivity contribution in [3.63, 3.8) is 0 Å². The summed E-state index contributed by atoms with van der Waals surface area (Å²) in [7, 11) is 2.87. The number of rotatable bonds is 3. The van der Waals surface area contributed by atoms with E-state index in [0.29, 0.717) is 12.0 Å². The molecular weight excluding hydrogens is 473 g/mol. The number of nitrogens with zero attached hydrogens (tertiary/aromatic N) is 2. The molecule has 0 radical (unpaired) electrons. The molecule has 0 saturated heterocycles. The second-order valence-corrected chi connectivity index (χ2v) is 9.86. The third-order valence-electron chi connectivity index (χ3n) is 7.68. The van der Waals surface area contributed by atoms with E-state index in [4.69, 9.17) is 17.2 Å². The molecule has 0 aromatic heterocycles. The van der Waals surface area contributed by atoms with Crippen molar-refractivity contribution in [3.05, 3.63) is 45.5 Å². The number of phenols is 1. The molecule has 190 valence electrons. The van der Waals surface area contributed by atoms with E-state index in [-0.39, 0.29) is 17.5 Å². The number of hydrogen-bond donors (Lipinski definition) is 6. The zero-order valence-corrected chi connectivity index (χ0v) is 19.8. The molecule has 11 nitrogen and oxygen atoms in total. The fourth-order valence-electron chi connectivity index (χ4n) is 6.25. The normalized spacial score (nSPS) is 31.7. The van der Waals surface area contributed by atoms with Crippen LogP contribution in [-0.4, -0.2) is 68.9 Å². The average molecular weight is 499 g/mol. The molecule has 1 saturated carbocycles.